The maximum Gasteiger partial charge on any atom is 0.214 e. The zero-order valence-electron chi connectivity index (χ0n) is 9.40. The lowest BCUT2D eigenvalue weighted by Crippen LogP contribution is -2.29. The summed E-state index contributed by atoms with van der Waals surface area (Å²) in [5, 5.41) is 0. The van der Waals surface area contributed by atoms with Crippen molar-refractivity contribution in [1.82, 2.24) is 4.98 Å². The van der Waals surface area contributed by atoms with Crippen molar-refractivity contribution in [3.8, 4) is 0 Å². The van der Waals surface area contributed by atoms with Crippen molar-refractivity contribution in [3.63, 3.8) is 0 Å². The van der Waals surface area contributed by atoms with Gasteiger partial charge in [0.1, 0.15) is 0 Å². The van der Waals surface area contributed by atoms with Gasteiger partial charge < -0.3 is 4.90 Å². The summed E-state index contributed by atoms with van der Waals surface area (Å²) in [5.41, 5.74) is 0.885. The molecule has 0 bridgehead atoms. The fraction of sp³-hybridized carbons (Fsp3) is 0.545. The molecule has 1 aromatic rings. The number of thioether (sulfide) groups is 1. The SMILES string of the molecule is CSCCC(C)N(C)c1ccnc(F)c1. The molecule has 1 heterocycles. The van der Waals surface area contributed by atoms with E-state index in [4.69, 9.17) is 0 Å². The van der Waals surface area contributed by atoms with Crippen molar-refractivity contribution >= 4 is 17.4 Å². The molecule has 84 valence electrons. The minimum absolute atomic E-state index is 0.416. The average Bonchev–Trinajstić information content (AvgIpc) is 2.24. The molecule has 1 rings (SSSR count). The first-order valence-corrected chi connectivity index (χ1v) is 6.38. The van der Waals surface area contributed by atoms with Crippen LogP contribution in [0.2, 0.25) is 0 Å². The molecule has 0 aliphatic rings. The third-order valence-corrected chi connectivity index (χ3v) is 3.16. The number of nitrogens with zero attached hydrogens (tertiary/aromatic N) is 2. The third-order valence-electron chi connectivity index (χ3n) is 2.52. The van der Waals surface area contributed by atoms with Gasteiger partial charge in [0.15, 0.2) is 0 Å². The Kier molecular flexibility index (Phi) is 4.88. The van der Waals surface area contributed by atoms with E-state index in [9.17, 15) is 4.39 Å². The number of hydrogen-bond acceptors (Lipinski definition) is 3. The van der Waals surface area contributed by atoms with Gasteiger partial charge in [-0.1, -0.05) is 0 Å². The minimum atomic E-state index is -0.420. The summed E-state index contributed by atoms with van der Waals surface area (Å²) in [4.78, 5) is 5.63. The van der Waals surface area contributed by atoms with E-state index in [1.54, 1.807) is 0 Å². The minimum Gasteiger partial charge on any atom is -0.372 e. The van der Waals surface area contributed by atoms with Crippen molar-refractivity contribution in [3.05, 3.63) is 24.3 Å². The number of rotatable bonds is 5. The van der Waals surface area contributed by atoms with Gasteiger partial charge >= 0.3 is 0 Å². The fourth-order valence-corrected chi connectivity index (χ4v) is 1.92. The monoisotopic (exact) mass is 228 g/mol. The van der Waals surface area contributed by atoms with Gasteiger partial charge in [-0.15, -0.1) is 0 Å². The van der Waals surface area contributed by atoms with Crippen LogP contribution in [0.15, 0.2) is 18.3 Å². The molecule has 4 heteroatoms. The van der Waals surface area contributed by atoms with Crippen LogP contribution in [0.25, 0.3) is 0 Å². The molecule has 0 aliphatic carbocycles. The Labute approximate surface area is 94.9 Å². The van der Waals surface area contributed by atoms with Crippen molar-refractivity contribution in [1.29, 1.82) is 0 Å². The lowest BCUT2D eigenvalue weighted by atomic mass is 10.2. The number of pyridine rings is 1. The maximum atomic E-state index is 12.9. The number of hydrogen-bond donors (Lipinski definition) is 0. The lowest BCUT2D eigenvalue weighted by molar-refractivity contribution is 0.581. The molecule has 1 unspecified atom stereocenters. The van der Waals surface area contributed by atoms with Crippen LogP contribution in [-0.4, -0.2) is 30.1 Å². The van der Waals surface area contributed by atoms with Gasteiger partial charge in [0.05, 0.1) is 0 Å². The van der Waals surface area contributed by atoms with Crippen LogP contribution < -0.4 is 4.90 Å². The molecule has 0 aliphatic heterocycles. The van der Waals surface area contributed by atoms with Crippen molar-refractivity contribution in [2.24, 2.45) is 0 Å². The van der Waals surface area contributed by atoms with E-state index in [0.717, 1.165) is 17.9 Å². The highest BCUT2D eigenvalue weighted by Crippen LogP contribution is 2.17. The Balaban J connectivity index is 2.62. The van der Waals surface area contributed by atoms with Crippen LogP contribution >= 0.6 is 11.8 Å². The molecule has 0 saturated carbocycles. The van der Waals surface area contributed by atoms with Crippen molar-refractivity contribution < 1.29 is 4.39 Å². The summed E-state index contributed by atoms with van der Waals surface area (Å²) in [7, 11) is 1.99. The largest absolute Gasteiger partial charge is 0.372 e. The Hall–Kier alpha value is -0.770. The van der Waals surface area contributed by atoms with Gasteiger partial charge in [-0.3, -0.25) is 0 Å². The van der Waals surface area contributed by atoms with E-state index in [0.29, 0.717) is 6.04 Å². The number of aromatic nitrogens is 1. The van der Waals surface area contributed by atoms with Crippen LogP contribution in [0.4, 0.5) is 10.1 Å². The molecule has 0 amide bonds. The summed E-state index contributed by atoms with van der Waals surface area (Å²) < 4.78 is 12.9. The fourth-order valence-electron chi connectivity index (χ4n) is 1.35. The van der Waals surface area contributed by atoms with E-state index in [1.165, 1.54) is 12.3 Å². The Morgan fingerprint density at radius 2 is 2.33 bits per heavy atom. The second-order valence-corrected chi connectivity index (χ2v) is 4.56. The van der Waals surface area contributed by atoms with Crippen molar-refractivity contribution in [2.75, 3.05) is 24.0 Å². The zero-order chi connectivity index (χ0) is 11.3. The molecule has 1 aromatic heterocycles. The van der Waals surface area contributed by atoms with Crippen LogP contribution in [0.3, 0.4) is 0 Å². The highest BCUT2D eigenvalue weighted by molar-refractivity contribution is 7.98. The molecule has 0 fully saturated rings. The van der Waals surface area contributed by atoms with Gasteiger partial charge in [0, 0.05) is 31.0 Å². The van der Waals surface area contributed by atoms with Gasteiger partial charge in [0.2, 0.25) is 5.95 Å². The standard InChI is InChI=1S/C11H17FN2S/c1-9(5-7-15-3)14(2)10-4-6-13-11(12)8-10/h4,6,8-9H,5,7H2,1-3H3. The second-order valence-electron chi connectivity index (χ2n) is 3.58. The predicted molar refractivity (Wildman–Crippen MR) is 65.1 cm³/mol. The van der Waals surface area contributed by atoms with E-state index >= 15 is 0 Å². The number of anilines is 1. The molecule has 0 spiro atoms. The Bertz CT molecular complexity index is 306. The summed E-state index contributed by atoms with van der Waals surface area (Å²) in [6, 6.07) is 3.72. The summed E-state index contributed by atoms with van der Waals surface area (Å²) in [6.45, 7) is 2.15. The molecule has 15 heavy (non-hydrogen) atoms. The van der Waals surface area contributed by atoms with Crippen LogP contribution in [0.1, 0.15) is 13.3 Å². The van der Waals surface area contributed by atoms with Crippen LogP contribution in [0, 0.1) is 5.95 Å². The highest BCUT2D eigenvalue weighted by Gasteiger charge is 2.10. The van der Waals surface area contributed by atoms with E-state index in [-0.39, 0.29) is 0 Å². The van der Waals surface area contributed by atoms with Gasteiger partial charge in [-0.2, -0.15) is 16.2 Å². The average molecular weight is 228 g/mol. The molecule has 0 aromatic carbocycles. The molecular formula is C11H17FN2S. The van der Waals surface area contributed by atoms with E-state index in [1.807, 2.05) is 24.9 Å². The first-order valence-electron chi connectivity index (χ1n) is 4.98. The van der Waals surface area contributed by atoms with Crippen LogP contribution in [-0.2, 0) is 0 Å². The van der Waals surface area contributed by atoms with Gasteiger partial charge in [0.25, 0.3) is 0 Å². The maximum absolute atomic E-state index is 12.9. The quantitative estimate of drug-likeness (QED) is 0.721. The predicted octanol–water partition coefficient (Wildman–Crippen LogP) is 2.80. The second kappa shape index (κ2) is 5.95. The summed E-state index contributed by atoms with van der Waals surface area (Å²) in [5.74, 6) is 0.704. The van der Waals surface area contributed by atoms with Crippen molar-refractivity contribution in [2.45, 2.75) is 19.4 Å². The van der Waals surface area contributed by atoms with Gasteiger partial charge in [-0.25, -0.2) is 4.98 Å². The highest BCUT2D eigenvalue weighted by atomic mass is 32.2. The third kappa shape index (κ3) is 3.70. The lowest BCUT2D eigenvalue weighted by Gasteiger charge is -2.26. The molecule has 2 nitrogen and oxygen atoms in total. The normalized spacial score (nSPS) is 12.5. The molecular weight excluding hydrogens is 211 g/mol. The molecule has 0 saturated heterocycles. The zero-order valence-corrected chi connectivity index (χ0v) is 10.2. The van der Waals surface area contributed by atoms with E-state index in [2.05, 4.69) is 23.1 Å². The molecule has 0 N–H and O–H groups in total. The Morgan fingerprint density at radius 3 is 2.93 bits per heavy atom. The number of halogens is 1. The van der Waals surface area contributed by atoms with E-state index < -0.39 is 5.95 Å². The van der Waals surface area contributed by atoms with Crippen LogP contribution in [0.5, 0.6) is 0 Å². The first kappa shape index (κ1) is 12.3. The topological polar surface area (TPSA) is 16.1 Å². The molecule has 0 radical (unpaired) electrons. The summed E-state index contributed by atoms with van der Waals surface area (Å²) >= 11 is 1.83. The first-order chi connectivity index (χ1) is 7.15. The van der Waals surface area contributed by atoms with Gasteiger partial charge in [-0.05, 0) is 31.4 Å². The summed E-state index contributed by atoms with van der Waals surface area (Å²) in [6.07, 6.45) is 4.70. The molecule has 1 atom stereocenters. The Morgan fingerprint density at radius 1 is 1.60 bits per heavy atom. The smallest absolute Gasteiger partial charge is 0.214 e.